The summed E-state index contributed by atoms with van der Waals surface area (Å²) in [5.74, 6) is -0.290. The van der Waals surface area contributed by atoms with E-state index in [1.165, 1.54) is 6.42 Å². The number of aliphatic hydroxyl groups is 1. The van der Waals surface area contributed by atoms with Crippen LogP contribution in [0.15, 0.2) is 0 Å². The molecule has 0 aromatic rings. The number of hydrogen-bond acceptors (Lipinski definition) is 4. The molecule has 0 bridgehead atoms. The van der Waals surface area contributed by atoms with E-state index in [0.717, 1.165) is 25.7 Å². The molecule has 6 heteroatoms. The lowest BCUT2D eigenvalue weighted by molar-refractivity contribution is -0.122. The van der Waals surface area contributed by atoms with Crippen LogP contribution in [-0.4, -0.2) is 53.7 Å². The van der Waals surface area contributed by atoms with Crippen molar-refractivity contribution >= 4 is 11.9 Å². The van der Waals surface area contributed by atoms with Gasteiger partial charge in [-0.25, -0.2) is 4.79 Å². The Balaban J connectivity index is 1.64. The van der Waals surface area contributed by atoms with Gasteiger partial charge in [-0.3, -0.25) is 15.0 Å². The molecule has 6 nitrogen and oxygen atoms in total. The first-order valence-corrected chi connectivity index (χ1v) is 7.53. The molecule has 0 spiro atoms. The number of carbonyl (C=O) groups excluding carboxylic acids is 2. The predicted octanol–water partition coefficient (Wildman–Crippen LogP) is 0.600. The Bertz CT molecular complexity index is 350. The zero-order valence-corrected chi connectivity index (χ0v) is 12.1. The lowest BCUT2D eigenvalue weighted by Crippen LogP contribution is -2.51. The second-order valence-electron chi connectivity index (χ2n) is 6.05. The first-order valence-electron chi connectivity index (χ1n) is 7.53. The number of nitrogens with zero attached hydrogens (tertiary/aromatic N) is 1. The van der Waals surface area contributed by atoms with Crippen molar-refractivity contribution in [2.45, 2.75) is 63.1 Å². The van der Waals surface area contributed by atoms with Crippen LogP contribution in [0, 0.1) is 0 Å². The predicted molar refractivity (Wildman–Crippen MR) is 75.2 cm³/mol. The number of aliphatic hydroxyl groups excluding tert-OH is 1. The van der Waals surface area contributed by atoms with Gasteiger partial charge in [-0.1, -0.05) is 19.3 Å². The lowest BCUT2D eigenvalue weighted by atomic mass is 9.88. The standard InChI is InChI=1S/C14H25N3O3/c1-17(11-7-12(18)8-11)9-13(19)16-14(20)15-10-5-3-2-4-6-10/h10-12,18H,2-9H2,1H3,(H2,15,16,19,20). The Hall–Kier alpha value is -1.14. The molecule has 2 aliphatic carbocycles. The molecular formula is C14H25N3O3. The maximum Gasteiger partial charge on any atom is 0.321 e. The van der Waals surface area contributed by atoms with Gasteiger partial charge in [0, 0.05) is 12.1 Å². The topological polar surface area (TPSA) is 81.7 Å². The molecule has 0 unspecified atom stereocenters. The normalized spacial score (nSPS) is 26.9. The van der Waals surface area contributed by atoms with Gasteiger partial charge in [0.1, 0.15) is 0 Å². The summed E-state index contributed by atoms with van der Waals surface area (Å²) in [7, 11) is 1.84. The highest BCUT2D eigenvalue weighted by Gasteiger charge is 2.31. The third-order valence-electron chi connectivity index (χ3n) is 4.30. The Morgan fingerprint density at radius 3 is 2.45 bits per heavy atom. The van der Waals surface area contributed by atoms with E-state index in [-0.39, 0.29) is 36.7 Å². The molecule has 2 rings (SSSR count). The van der Waals surface area contributed by atoms with Crippen molar-refractivity contribution in [3.63, 3.8) is 0 Å². The minimum atomic E-state index is -0.385. The van der Waals surface area contributed by atoms with Crippen LogP contribution in [0.2, 0.25) is 0 Å². The summed E-state index contributed by atoms with van der Waals surface area (Å²) in [6.45, 7) is 0.190. The van der Waals surface area contributed by atoms with Crippen molar-refractivity contribution in [3.05, 3.63) is 0 Å². The number of urea groups is 1. The molecule has 0 aromatic heterocycles. The van der Waals surface area contributed by atoms with Crippen molar-refractivity contribution in [3.8, 4) is 0 Å². The molecule has 114 valence electrons. The van der Waals surface area contributed by atoms with Crippen LogP contribution in [0.3, 0.4) is 0 Å². The molecule has 0 atom stereocenters. The summed E-state index contributed by atoms with van der Waals surface area (Å²) in [4.78, 5) is 25.3. The molecular weight excluding hydrogens is 258 g/mol. The van der Waals surface area contributed by atoms with Crippen molar-refractivity contribution in [2.75, 3.05) is 13.6 Å². The molecule has 3 N–H and O–H groups in total. The van der Waals surface area contributed by atoms with E-state index < -0.39 is 0 Å². The highest BCUT2D eigenvalue weighted by Crippen LogP contribution is 2.23. The fourth-order valence-corrected chi connectivity index (χ4v) is 2.91. The van der Waals surface area contributed by atoms with Crippen LogP contribution in [0.5, 0.6) is 0 Å². The first kappa shape index (κ1) is 15.3. The number of rotatable bonds is 4. The minimum Gasteiger partial charge on any atom is -0.393 e. The molecule has 0 heterocycles. The summed E-state index contributed by atoms with van der Waals surface area (Å²) in [5, 5.41) is 14.5. The zero-order valence-electron chi connectivity index (χ0n) is 12.1. The molecule has 0 saturated heterocycles. The monoisotopic (exact) mass is 283 g/mol. The van der Waals surface area contributed by atoms with E-state index >= 15 is 0 Å². The van der Waals surface area contributed by atoms with Gasteiger partial charge in [0.15, 0.2) is 0 Å². The third kappa shape index (κ3) is 4.45. The Labute approximate surface area is 119 Å². The van der Waals surface area contributed by atoms with Gasteiger partial charge in [-0.15, -0.1) is 0 Å². The summed E-state index contributed by atoms with van der Waals surface area (Å²) in [5.41, 5.74) is 0. The van der Waals surface area contributed by atoms with E-state index in [2.05, 4.69) is 10.6 Å². The van der Waals surface area contributed by atoms with E-state index in [0.29, 0.717) is 12.8 Å². The Morgan fingerprint density at radius 1 is 1.20 bits per heavy atom. The average Bonchev–Trinajstić information content (AvgIpc) is 2.35. The highest BCUT2D eigenvalue weighted by atomic mass is 16.3. The number of carbonyl (C=O) groups is 2. The number of likely N-dealkylation sites (N-methyl/N-ethyl adjacent to an activating group) is 1. The van der Waals surface area contributed by atoms with Crippen molar-refractivity contribution in [1.82, 2.24) is 15.5 Å². The molecule has 0 aromatic carbocycles. The van der Waals surface area contributed by atoms with Gasteiger partial charge in [-0.2, -0.15) is 0 Å². The Kier molecular flexibility index (Phi) is 5.37. The zero-order chi connectivity index (χ0) is 14.5. The van der Waals surface area contributed by atoms with Crippen LogP contribution in [-0.2, 0) is 4.79 Å². The van der Waals surface area contributed by atoms with E-state index in [1.807, 2.05) is 11.9 Å². The van der Waals surface area contributed by atoms with Crippen LogP contribution >= 0.6 is 0 Å². The summed E-state index contributed by atoms with van der Waals surface area (Å²) in [6, 6.07) is 0.0668. The van der Waals surface area contributed by atoms with Crippen LogP contribution in [0.4, 0.5) is 4.79 Å². The molecule has 2 saturated carbocycles. The lowest BCUT2D eigenvalue weighted by Gasteiger charge is -2.38. The number of nitrogens with one attached hydrogen (secondary N) is 2. The first-order chi connectivity index (χ1) is 9.54. The Morgan fingerprint density at radius 2 is 1.85 bits per heavy atom. The number of imide groups is 1. The maximum atomic E-state index is 11.8. The van der Waals surface area contributed by atoms with Crippen molar-refractivity contribution in [1.29, 1.82) is 0 Å². The molecule has 3 amide bonds. The van der Waals surface area contributed by atoms with Gasteiger partial charge in [0.25, 0.3) is 0 Å². The smallest absolute Gasteiger partial charge is 0.321 e. The van der Waals surface area contributed by atoms with Gasteiger partial charge in [-0.05, 0) is 32.7 Å². The van der Waals surface area contributed by atoms with E-state index in [4.69, 9.17) is 0 Å². The average molecular weight is 283 g/mol. The fraction of sp³-hybridized carbons (Fsp3) is 0.857. The largest absolute Gasteiger partial charge is 0.393 e. The molecule has 0 aliphatic heterocycles. The SMILES string of the molecule is CN(CC(=O)NC(=O)NC1CCCCC1)C1CC(O)C1. The molecule has 2 fully saturated rings. The van der Waals surface area contributed by atoms with Crippen molar-refractivity contribution < 1.29 is 14.7 Å². The molecule has 20 heavy (non-hydrogen) atoms. The van der Waals surface area contributed by atoms with Crippen LogP contribution in [0.1, 0.15) is 44.9 Å². The minimum absolute atomic E-state index is 0.190. The third-order valence-corrected chi connectivity index (χ3v) is 4.30. The van der Waals surface area contributed by atoms with Crippen LogP contribution in [0.25, 0.3) is 0 Å². The second-order valence-corrected chi connectivity index (χ2v) is 6.05. The summed E-state index contributed by atoms with van der Waals surface area (Å²) in [6.07, 6.45) is 6.70. The summed E-state index contributed by atoms with van der Waals surface area (Å²) >= 11 is 0. The van der Waals surface area contributed by atoms with Crippen LogP contribution < -0.4 is 10.6 Å². The fourth-order valence-electron chi connectivity index (χ4n) is 2.91. The van der Waals surface area contributed by atoms with E-state index in [9.17, 15) is 14.7 Å². The number of hydrogen-bond donors (Lipinski definition) is 3. The maximum absolute atomic E-state index is 11.8. The highest BCUT2D eigenvalue weighted by molar-refractivity contribution is 5.95. The number of amides is 3. The quantitative estimate of drug-likeness (QED) is 0.706. The second kappa shape index (κ2) is 7.04. The van der Waals surface area contributed by atoms with Gasteiger partial charge < -0.3 is 10.4 Å². The van der Waals surface area contributed by atoms with Crippen molar-refractivity contribution in [2.24, 2.45) is 0 Å². The molecule has 0 radical (unpaired) electrons. The van der Waals surface area contributed by atoms with Gasteiger partial charge >= 0.3 is 6.03 Å². The molecule has 2 aliphatic rings. The van der Waals surface area contributed by atoms with E-state index in [1.54, 1.807) is 0 Å². The van der Waals surface area contributed by atoms with Gasteiger partial charge in [0.2, 0.25) is 5.91 Å². The van der Waals surface area contributed by atoms with Gasteiger partial charge in [0.05, 0.1) is 12.6 Å². The summed E-state index contributed by atoms with van der Waals surface area (Å²) < 4.78 is 0.